The molecule has 120 valence electrons. The fourth-order valence-electron chi connectivity index (χ4n) is 2.35. The van der Waals surface area contributed by atoms with Gasteiger partial charge in [0.2, 0.25) is 0 Å². The minimum atomic E-state index is -1.01. The number of aromatic carboxylic acids is 1. The summed E-state index contributed by atoms with van der Waals surface area (Å²) in [5.41, 5.74) is 2.79. The summed E-state index contributed by atoms with van der Waals surface area (Å²) in [5.74, 6) is -1.21. The van der Waals surface area contributed by atoms with E-state index in [-0.39, 0.29) is 11.5 Å². The topological polar surface area (TPSA) is 57.6 Å². The van der Waals surface area contributed by atoms with Crippen molar-refractivity contribution in [2.45, 2.75) is 6.92 Å². The Kier molecular flexibility index (Phi) is 4.51. The number of carboxylic acid groups (broad SMARTS) is 1. The number of hydrogen-bond donors (Lipinski definition) is 1. The predicted molar refractivity (Wildman–Crippen MR) is 100 cm³/mol. The summed E-state index contributed by atoms with van der Waals surface area (Å²) >= 11 is 6.55. The van der Waals surface area contributed by atoms with Crippen LogP contribution in [0, 0.1) is 6.92 Å². The summed E-state index contributed by atoms with van der Waals surface area (Å²) in [4.78, 5) is 25.6. The molecule has 1 heterocycles. The minimum Gasteiger partial charge on any atom is -0.478 e. The van der Waals surface area contributed by atoms with Gasteiger partial charge in [-0.05, 0) is 42.8 Å². The number of aryl methyl sites for hydroxylation is 1. The van der Waals surface area contributed by atoms with Crippen LogP contribution in [0.2, 0.25) is 0 Å². The molecule has 4 nitrogen and oxygen atoms in total. The fourth-order valence-corrected chi connectivity index (χ4v) is 3.65. The first-order valence-electron chi connectivity index (χ1n) is 7.14. The average molecular weight is 355 g/mol. The average Bonchev–Trinajstić information content (AvgIpc) is 2.81. The molecule has 24 heavy (non-hydrogen) atoms. The molecule has 6 heteroatoms. The molecule has 1 N–H and O–H groups in total. The van der Waals surface area contributed by atoms with Gasteiger partial charge in [-0.1, -0.05) is 53.8 Å². The summed E-state index contributed by atoms with van der Waals surface area (Å²) in [7, 11) is 0. The molecule has 1 aliphatic rings. The van der Waals surface area contributed by atoms with Crippen molar-refractivity contribution in [3.8, 4) is 0 Å². The quantitative estimate of drug-likeness (QED) is 0.663. The molecule has 1 fully saturated rings. The van der Waals surface area contributed by atoms with Crippen LogP contribution in [0.4, 0.5) is 5.69 Å². The molecular formula is C18H13NO3S2. The number of benzene rings is 2. The number of anilines is 1. The number of thiocarbonyl (C=S) groups is 1. The fraction of sp³-hybridized carbons (Fsp3) is 0.0556. The largest absolute Gasteiger partial charge is 0.478 e. The zero-order chi connectivity index (χ0) is 17.3. The van der Waals surface area contributed by atoms with Crippen LogP contribution in [0.25, 0.3) is 6.08 Å². The van der Waals surface area contributed by atoms with Crippen LogP contribution < -0.4 is 4.90 Å². The summed E-state index contributed by atoms with van der Waals surface area (Å²) in [6.07, 6.45) is 1.82. The number of carboxylic acids is 1. The number of carbonyl (C=O) groups is 2. The molecule has 0 atom stereocenters. The Hall–Kier alpha value is -2.44. The lowest BCUT2D eigenvalue weighted by Crippen LogP contribution is -2.27. The normalized spacial score (nSPS) is 16.0. The summed E-state index contributed by atoms with van der Waals surface area (Å²) in [6.45, 7) is 1.99. The Balaban J connectivity index is 1.90. The lowest BCUT2D eigenvalue weighted by Gasteiger charge is -2.14. The van der Waals surface area contributed by atoms with Crippen LogP contribution >= 0.6 is 24.0 Å². The lowest BCUT2D eigenvalue weighted by atomic mass is 10.1. The first-order valence-corrected chi connectivity index (χ1v) is 8.36. The molecule has 3 rings (SSSR count). The maximum Gasteiger partial charge on any atom is 0.335 e. The second-order valence-electron chi connectivity index (χ2n) is 5.28. The highest BCUT2D eigenvalue weighted by molar-refractivity contribution is 8.27. The van der Waals surface area contributed by atoms with E-state index in [1.54, 1.807) is 12.1 Å². The number of hydrogen-bond acceptors (Lipinski definition) is 4. The van der Waals surface area contributed by atoms with Crippen LogP contribution in [0.15, 0.2) is 53.4 Å². The van der Waals surface area contributed by atoms with E-state index < -0.39 is 5.97 Å². The second kappa shape index (κ2) is 6.59. The Bertz CT molecular complexity index is 872. The van der Waals surface area contributed by atoms with Crippen LogP contribution in [-0.2, 0) is 4.79 Å². The molecule has 0 spiro atoms. The highest BCUT2D eigenvalue weighted by Gasteiger charge is 2.33. The van der Waals surface area contributed by atoms with E-state index in [2.05, 4.69) is 0 Å². The molecule has 1 aliphatic heterocycles. The van der Waals surface area contributed by atoms with Crippen molar-refractivity contribution in [3.05, 3.63) is 70.1 Å². The number of rotatable bonds is 3. The van der Waals surface area contributed by atoms with Gasteiger partial charge in [0.25, 0.3) is 5.91 Å². The van der Waals surface area contributed by atoms with Crippen molar-refractivity contribution in [3.63, 3.8) is 0 Å². The van der Waals surface area contributed by atoms with Crippen LogP contribution in [0.3, 0.4) is 0 Å². The summed E-state index contributed by atoms with van der Waals surface area (Å²) in [5, 5.41) is 8.95. The Morgan fingerprint density at radius 1 is 1.21 bits per heavy atom. The Labute approximate surface area is 148 Å². The van der Waals surface area contributed by atoms with Gasteiger partial charge in [-0.3, -0.25) is 9.69 Å². The van der Waals surface area contributed by atoms with Gasteiger partial charge in [0, 0.05) is 0 Å². The van der Waals surface area contributed by atoms with Gasteiger partial charge in [-0.15, -0.1) is 0 Å². The maximum atomic E-state index is 12.7. The molecule has 0 aliphatic carbocycles. The number of nitrogens with zero attached hydrogens (tertiary/aromatic N) is 1. The molecule has 0 radical (unpaired) electrons. The maximum absolute atomic E-state index is 12.7. The number of amides is 1. The Morgan fingerprint density at radius 3 is 2.54 bits per heavy atom. The Morgan fingerprint density at radius 2 is 1.92 bits per heavy atom. The van der Waals surface area contributed by atoms with E-state index in [4.69, 9.17) is 17.3 Å². The van der Waals surface area contributed by atoms with Crippen molar-refractivity contribution in [1.82, 2.24) is 0 Å². The van der Waals surface area contributed by atoms with Crippen LogP contribution in [0.1, 0.15) is 21.5 Å². The van der Waals surface area contributed by atoms with E-state index >= 15 is 0 Å². The number of carbonyl (C=O) groups excluding carboxylic acids is 1. The monoisotopic (exact) mass is 355 g/mol. The van der Waals surface area contributed by atoms with Crippen molar-refractivity contribution in [2.24, 2.45) is 0 Å². The van der Waals surface area contributed by atoms with Gasteiger partial charge in [0.1, 0.15) is 0 Å². The van der Waals surface area contributed by atoms with Crippen molar-refractivity contribution in [1.29, 1.82) is 0 Å². The molecule has 0 aromatic heterocycles. The van der Waals surface area contributed by atoms with Gasteiger partial charge in [-0.25, -0.2) is 4.79 Å². The molecule has 0 unspecified atom stereocenters. The standard InChI is InChI=1S/C18H13NO3S2/c1-11-3-2-4-12(9-11)10-15-16(20)19(18(23)24-15)14-7-5-13(6-8-14)17(21)22/h2-10H,1H3,(H,21,22)/b15-10-. The van der Waals surface area contributed by atoms with E-state index in [0.29, 0.717) is 14.9 Å². The number of thioether (sulfide) groups is 1. The van der Waals surface area contributed by atoms with E-state index in [1.165, 1.54) is 28.8 Å². The second-order valence-corrected chi connectivity index (χ2v) is 6.96. The molecule has 2 aromatic rings. The summed E-state index contributed by atoms with van der Waals surface area (Å²) < 4.78 is 0.432. The van der Waals surface area contributed by atoms with Gasteiger partial charge in [-0.2, -0.15) is 0 Å². The van der Waals surface area contributed by atoms with Crippen molar-refractivity contribution >= 4 is 51.9 Å². The van der Waals surface area contributed by atoms with E-state index in [0.717, 1.165) is 11.1 Å². The summed E-state index contributed by atoms with van der Waals surface area (Å²) in [6, 6.07) is 13.9. The third kappa shape index (κ3) is 3.25. The predicted octanol–water partition coefficient (Wildman–Crippen LogP) is 4.10. The van der Waals surface area contributed by atoms with Gasteiger partial charge in [0.05, 0.1) is 16.2 Å². The molecule has 1 amide bonds. The van der Waals surface area contributed by atoms with Crippen LogP contribution in [0.5, 0.6) is 0 Å². The molecule has 2 aromatic carbocycles. The van der Waals surface area contributed by atoms with Crippen LogP contribution in [-0.4, -0.2) is 21.3 Å². The van der Waals surface area contributed by atoms with Crippen molar-refractivity contribution < 1.29 is 14.7 Å². The van der Waals surface area contributed by atoms with Gasteiger partial charge < -0.3 is 5.11 Å². The highest BCUT2D eigenvalue weighted by atomic mass is 32.2. The smallest absolute Gasteiger partial charge is 0.335 e. The lowest BCUT2D eigenvalue weighted by molar-refractivity contribution is -0.113. The molecule has 0 bridgehead atoms. The molecular weight excluding hydrogens is 342 g/mol. The zero-order valence-corrected chi connectivity index (χ0v) is 14.4. The van der Waals surface area contributed by atoms with Crippen molar-refractivity contribution in [2.75, 3.05) is 4.90 Å². The molecule has 1 saturated heterocycles. The highest BCUT2D eigenvalue weighted by Crippen LogP contribution is 2.36. The SMILES string of the molecule is Cc1cccc(/C=C2\SC(=S)N(c3ccc(C(=O)O)cc3)C2=O)c1. The van der Waals surface area contributed by atoms with E-state index in [1.807, 2.05) is 37.3 Å². The third-order valence-electron chi connectivity index (χ3n) is 3.51. The van der Waals surface area contributed by atoms with E-state index in [9.17, 15) is 9.59 Å². The minimum absolute atomic E-state index is 0.166. The first kappa shape index (κ1) is 16.4. The molecule has 0 saturated carbocycles. The van der Waals surface area contributed by atoms with Gasteiger partial charge >= 0.3 is 5.97 Å². The third-order valence-corrected chi connectivity index (χ3v) is 4.81. The first-order chi connectivity index (χ1) is 11.5. The van der Waals surface area contributed by atoms with Gasteiger partial charge in [0.15, 0.2) is 4.32 Å². The zero-order valence-electron chi connectivity index (χ0n) is 12.7.